The van der Waals surface area contributed by atoms with Gasteiger partial charge in [-0.3, -0.25) is 9.47 Å². The van der Waals surface area contributed by atoms with E-state index >= 15 is 0 Å². The van der Waals surface area contributed by atoms with Gasteiger partial charge in [0, 0.05) is 28.5 Å². The van der Waals surface area contributed by atoms with E-state index in [9.17, 15) is 4.79 Å². The van der Waals surface area contributed by atoms with Crippen molar-refractivity contribution in [2.45, 2.75) is 27.7 Å². The highest BCUT2D eigenvalue weighted by atomic mass is 32.2. The van der Waals surface area contributed by atoms with E-state index in [2.05, 4.69) is 24.5 Å². The number of thiocarbonyl (C=S) groups is 1. The minimum atomic E-state index is -0.0957. The van der Waals surface area contributed by atoms with E-state index in [1.807, 2.05) is 61.0 Å². The summed E-state index contributed by atoms with van der Waals surface area (Å²) >= 11 is 6.87. The van der Waals surface area contributed by atoms with E-state index in [-0.39, 0.29) is 5.91 Å². The number of ether oxygens (including phenoxy) is 1. The normalized spacial score (nSPS) is 15.5. The molecule has 154 valence electrons. The third kappa shape index (κ3) is 3.38. The molecule has 1 aliphatic heterocycles. The molecule has 7 heteroatoms. The summed E-state index contributed by atoms with van der Waals surface area (Å²) in [6, 6.07) is 14.0. The van der Waals surface area contributed by atoms with Gasteiger partial charge in [-0.25, -0.2) is 0 Å². The quantitative estimate of drug-likeness (QED) is 0.423. The fourth-order valence-corrected chi connectivity index (χ4v) is 5.04. The molecule has 1 amide bonds. The second kappa shape index (κ2) is 7.81. The molecule has 2 aromatic heterocycles. The Hall–Kier alpha value is -2.77. The second-order valence-electron chi connectivity index (χ2n) is 7.28. The molecule has 0 N–H and O–H groups in total. The average molecular weight is 438 g/mol. The molecule has 30 heavy (non-hydrogen) atoms. The van der Waals surface area contributed by atoms with E-state index in [1.165, 1.54) is 11.8 Å². The van der Waals surface area contributed by atoms with Crippen LogP contribution < -0.4 is 9.75 Å². The number of nitrogens with zero attached hydrogens (tertiary/aromatic N) is 3. The second-order valence-corrected chi connectivity index (χ2v) is 8.96. The monoisotopic (exact) mass is 437 g/mol. The Morgan fingerprint density at radius 3 is 2.20 bits per heavy atom. The van der Waals surface area contributed by atoms with Crippen LogP contribution in [0.4, 0.5) is 0 Å². The number of aromatic nitrogens is 2. The van der Waals surface area contributed by atoms with E-state index in [0.717, 1.165) is 39.8 Å². The van der Waals surface area contributed by atoms with Gasteiger partial charge in [0.2, 0.25) is 0 Å². The van der Waals surface area contributed by atoms with E-state index in [1.54, 1.807) is 12.1 Å². The van der Waals surface area contributed by atoms with Gasteiger partial charge in [0.15, 0.2) is 4.32 Å². The molecule has 1 fully saturated rings. The van der Waals surface area contributed by atoms with Crippen molar-refractivity contribution < 1.29 is 9.53 Å². The first kappa shape index (κ1) is 20.5. The zero-order valence-corrected chi connectivity index (χ0v) is 19.2. The summed E-state index contributed by atoms with van der Waals surface area (Å²) in [6.45, 7) is 8.06. The fraction of sp³-hybridized carbons (Fsp3) is 0.217. The van der Waals surface area contributed by atoms with Gasteiger partial charge in [0.05, 0.1) is 12.0 Å². The molecule has 3 aromatic rings. The molecule has 5 nitrogen and oxygen atoms in total. The summed E-state index contributed by atoms with van der Waals surface area (Å²) < 4.78 is 9.85. The standard InChI is InChI=1S/C23H23N3O2S2/c1-14-6-7-15(2)25(14)26-22(27)21(30-23(26)29)13-18-12-16(3)24(17(18)4)19-8-10-20(28-5)11-9-19/h6-13H,1-5H3/b21-13-. The van der Waals surface area contributed by atoms with Crippen molar-refractivity contribution in [3.63, 3.8) is 0 Å². The fourth-order valence-electron chi connectivity index (χ4n) is 3.81. The average Bonchev–Trinajstić information content (AvgIpc) is 3.29. The molecule has 3 heterocycles. The van der Waals surface area contributed by atoms with Gasteiger partial charge in [-0.15, -0.1) is 0 Å². The number of rotatable bonds is 4. The smallest absolute Gasteiger partial charge is 0.285 e. The van der Waals surface area contributed by atoms with Crippen LogP contribution in [0.5, 0.6) is 5.75 Å². The predicted molar refractivity (Wildman–Crippen MR) is 127 cm³/mol. The zero-order chi connectivity index (χ0) is 21.6. The highest BCUT2D eigenvalue weighted by Gasteiger charge is 2.35. The van der Waals surface area contributed by atoms with Crippen molar-refractivity contribution in [2.24, 2.45) is 0 Å². The SMILES string of the molecule is COc1ccc(-n2c(C)cc(/C=C3\SC(=S)N(n4c(C)ccc4C)C3=O)c2C)cc1. The Bertz CT molecular complexity index is 1170. The summed E-state index contributed by atoms with van der Waals surface area (Å²) in [5.41, 5.74) is 6.17. The van der Waals surface area contributed by atoms with E-state index in [0.29, 0.717) is 9.23 Å². The molecule has 0 spiro atoms. The number of amides is 1. The van der Waals surface area contributed by atoms with Gasteiger partial charge in [-0.1, -0.05) is 11.8 Å². The van der Waals surface area contributed by atoms with Crippen LogP contribution in [0.2, 0.25) is 0 Å². The van der Waals surface area contributed by atoms with Crippen LogP contribution in [0, 0.1) is 27.7 Å². The van der Waals surface area contributed by atoms with Crippen LogP contribution in [-0.4, -0.2) is 26.6 Å². The Morgan fingerprint density at radius 2 is 1.60 bits per heavy atom. The predicted octanol–water partition coefficient (Wildman–Crippen LogP) is 5.06. The van der Waals surface area contributed by atoms with Gasteiger partial charge in [-0.05, 0) is 94.0 Å². The number of aryl methyl sites for hydroxylation is 3. The maximum atomic E-state index is 13.2. The molecule has 0 saturated carbocycles. The first-order valence-corrected chi connectivity index (χ1v) is 10.8. The number of carbonyl (C=O) groups is 1. The molecule has 1 aliphatic rings. The van der Waals surface area contributed by atoms with Crippen molar-refractivity contribution in [1.82, 2.24) is 9.24 Å². The van der Waals surface area contributed by atoms with Gasteiger partial charge < -0.3 is 9.30 Å². The van der Waals surface area contributed by atoms with Crippen molar-refractivity contribution in [3.8, 4) is 11.4 Å². The van der Waals surface area contributed by atoms with Gasteiger partial charge in [0.25, 0.3) is 5.91 Å². The zero-order valence-electron chi connectivity index (χ0n) is 17.6. The molecular formula is C23H23N3O2S2. The van der Waals surface area contributed by atoms with Crippen LogP contribution in [0.3, 0.4) is 0 Å². The molecule has 1 saturated heterocycles. The van der Waals surface area contributed by atoms with Crippen molar-refractivity contribution >= 4 is 40.3 Å². The van der Waals surface area contributed by atoms with Gasteiger partial charge in [-0.2, -0.15) is 5.01 Å². The summed E-state index contributed by atoms with van der Waals surface area (Å²) in [6.07, 6.45) is 1.94. The molecule has 0 aliphatic carbocycles. The Morgan fingerprint density at radius 1 is 0.967 bits per heavy atom. The van der Waals surface area contributed by atoms with Crippen LogP contribution >= 0.6 is 24.0 Å². The molecule has 0 radical (unpaired) electrons. The van der Waals surface area contributed by atoms with E-state index < -0.39 is 0 Å². The number of carbonyl (C=O) groups excluding carboxylic acids is 1. The highest BCUT2D eigenvalue weighted by Crippen LogP contribution is 2.34. The number of benzene rings is 1. The maximum Gasteiger partial charge on any atom is 0.285 e. The lowest BCUT2D eigenvalue weighted by Crippen LogP contribution is -2.39. The number of hydrogen-bond donors (Lipinski definition) is 0. The third-order valence-corrected chi connectivity index (χ3v) is 6.58. The first-order chi connectivity index (χ1) is 14.3. The maximum absolute atomic E-state index is 13.2. The molecule has 4 rings (SSSR count). The van der Waals surface area contributed by atoms with Crippen LogP contribution in [0.25, 0.3) is 11.8 Å². The lowest BCUT2D eigenvalue weighted by Gasteiger charge is -2.20. The van der Waals surface area contributed by atoms with Crippen LogP contribution in [0.1, 0.15) is 28.3 Å². The highest BCUT2D eigenvalue weighted by molar-refractivity contribution is 8.27. The largest absolute Gasteiger partial charge is 0.497 e. The topological polar surface area (TPSA) is 39.4 Å². The molecule has 0 bridgehead atoms. The Kier molecular flexibility index (Phi) is 5.34. The Labute approximate surface area is 185 Å². The summed E-state index contributed by atoms with van der Waals surface area (Å²) in [4.78, 5) is 13.8. The van der Waals surface area contributed by atoms with Crippen molar-refractivity contribution in [1.29, 1.82) is 0 Å². The molecular weight excluding hydrogens is 414 g/mol. The summed E-state index contributed by atoms with van der Waals surface area (Å²) in [7, 11) is 1.66. The third-order valence-electron chi connectivity index (χ3n) is 5.29. The van der Waals surface area contributed by atoms with Crippen LogP contribution in [0.15, 0.2) is 47.4 Å². The minimum absolute atomic E-state index is 0.0957. The number of thioether (sulfide) groups is 1. The summed E-state index contributed by atoms with van der Waals surface area (Å²) in [5, 5.41) is 1.58. The molecule has 1 aromatic carbocycles. The van der Waals surface area contributed by atoms with E-state index in [4.69, 9.17) is 17.0 Å². The van der Waals surface area contributed by atoms with Crippen molar-refractivity contribution in [2.75, 3.05) is 12.1 Å². The van der Waals surface area contributed by atoms with Crippen molar-refractivity contribution in [3.05, 3.63) is 75.7 Å². The summed E-state index contributed by atoms with van der Waals surface area (Å²) in [5.74, 6) is 0.724. The van der Waals surface area contributed by atoms with Gasteiger partial charge in [0.1, 0.15) is 5.75 Å². The number of hydrogen-bond acceptors (Lipinski definition) is 4. The Balaban J connectivity index is 1.70. The minimum Gasteiger partial charge on any atom is -0.497 e. The lowest BCUT2D eigenvalue weighted by atomic mass is 10.2. The number of methoxy groups -OCH3 is 1. The molecule has 0 unspecified atom stereocenters. The van der Waals surface area contributed by atoms with Crippen LogP contribution in [-0.2, 0) is 4.79 Å². The first-order valence-electron chi connectivity index (χ1n) is 9.58. The molecule has 0 atom stereocenters. The lowest BCUT2D eigenvalue weighted by molar-refractivity contribution is -0.114. The van der Waals surface area contributed by atoms with Gasteiger partial charge >= 0.3 is 0 Å².